The van der Waals surface area contributed by atoms with Crippen molar-refractivity contribution < 1.29 is 9.59 Å². The number of rotatable bonds is 3. The Morgan fingerprint density at radius 2 is 1.70 bits per heavy atom. The fourth-order valence-corrected chi connectivity index (χ4v) is 1.96. The molecule has 0 aliphatic carbocycles. The smallest absolute Gasteiger partial charge is 0.296 e. The van der Waals surface area contributed by atoms with Gasteiger partial charge in [0.15, 0.2) is 0 Å². The Balaban J connectivity index is 2.20. The summed E-state index contributed by atoms with van der Waals surface area (Å²) in [7, 11) is 1.79. The van der Waals surface area contributed by atoms with E-state index in [4.69, 9.17) is 0 Å². The van der Waals surface area contributed by atoms with Gasteiger partial charge in [0.2, 0.25) is 0 Å². The molecule has 0 aliphatic rings. The average Bonchev–Trinajstić information content (AvgIpc) is 2.65. The van der Waals surface area contributed by atoms with Crippen molar-refractivity contribution >= 4 is 17.4 Å². The van der Waals surface area contributed by atoms with E-state index in [9.17, 15) is 9.59 Å². The second-order valence-electron chi connectivity index (χ2n) is 4.82. The summed E-state index contributed by atoms with van der Waals surface area (Å²) < 4.78 is 1.67. The summed E-state index contributed by atoms with van der Waals surface area (Å²) in [5.41, 5.74) is 3.52. The molecule has 2 aromatic rings. The lowest BCUT2D eigenvalue weighted by Crippen LogP contribution is -2.23. The van der Waals surface area contributed by atoms with Gasteiger partial charge in [0.1, 0.15) is 0 Å². The van der Waals surface area contributed by atoms with Crippen LogP contribution in [0.1, 0.15) is 27.3 Å². The van der Waals surface area contributed by atoms with Gasteiger partial charge < -0.3 is 5.32 Å². The Hall–Kier alpha value is -2.43. The zero-order chi connectivity index (χ0) is 14.9. The maximum absolute atomic E-state index is 12.1. The maximum Gasteiger partial charge on any atom is 0.296 e. The molecule has 1 aromatic heterocycles. The molecule has 0 spiro atoms. The molecule has 104 valence electrons. The van der Waals surface area contributed by atoms with E-state index in [0.717, 1.165) is 11.3 Å². The van der Waals surface area contributed by atoms with Crippen LogP contribution in [0.15, 0.2) is 24.3 Å². The summed E-state index contributed by atoms with van der Waals surface area (Å²) in [6.07, 6.45) is 0. The third-order valence-electron chi connectivity index (χ3n) is 3.27. The first kappa shape index (κ1) is 14.0. The Bertz CT molecular complexity index is 669. The van der Waals surface area contributed by atoms with Crippen molar-refractivity contribution in [1.29, 1.82) is 0 Å². The Morgan fingerprint density at radius 3 is 2.20 bits per heavy atom. The van der Waals surface area contributed by atoms with Crippen LogP contribution >= 0.6 is 0 Å². The summed E-state index contributed by atoms with van der Waals surface area (Å²) >= 11 is 0. The van der Waals surface area contributed by atoms with Gasteiger partial charge in [-0.2, -0.15) is 5.10 Å². The minimum Gasteiger partial charge on any atom is -0.316 e. The zero-order valence-electron chi connectivity index (χ0n) is 12.0. The average molecular weight is 271 g/mol. The third-order valence-corrected chi connectivity index (χ3v) is 3.27. The molecular weight excluding hydrogens is 254 g/mol. The van der Waals surface area contributed by atoms with Crippen LogP contribution in [0.4, 0.5) is 5.69 Å². The third kappa shape index (κ3) is 2.61. The highest BCUT2D eigenvalue weighted by atomic mass is 16.2. The fraction of sp³-hybridized carbons (Fsp3) is 0.267. The number of carbonyl (C=O) groups excluding carboxylic acids is 2. The number of carbonyl (C=O) groups is 2. The number of hydrogen-bond acceptors (Lipinski definition) is 3. The standard InChI is InChI=1S/C15H17N3O2/c1-9-5-7-12(8-6-9)14(19)15(20)16-13-10(2)17-18(4)11(13)3/h5-8H,1-4H3,(H,16,20). The lowest BCUT2D eigenvalue weighted by atomic mass is 10.1. The maximum atomic E-state index is 12.1. The van der Waals surface area contributed by atoms with Crippen LogP contribution in [0.3, 0.4) is 0 Å². The van der Waals surface area contributed by atoms with Gasteiger partial charge in [0.25, 0.3) is 11.7 Å². The molecule has 0 aliphatic heterocycles. The molecule has 5 nitrogen and oxygen atoms in total. The van der Waals surface area contributed by atoms with Crippen molar-refractivity contribution in [1.82, 2.24) is 9.78 Å². The summed E-state index contributed by atoms with van der Waals surface area (Å²) in [6, 6.07) is 6.92. The number of nitrogens with one attached hydrogen (secondary N) is 1. The molecule has 20 heavy (non-hydrogen) atoms. The van der Waals surface area contributed by atoms with Gasteiger partial charge >= 0.3 is 0 Å². The summed E-state index contributed by atoms with van der Waals surface area (Å²) in [6.45, 7) is 5.56. The lowest BCUT2D eigenvalue weighted by Gasteiger charge is -2.05. The number of ketones is 1. The number of nitrogens with zero attached hydrogens (tertiary/aromatic N) is 2. The molecule has 0 atom stereocenters. The van der Waals surface area contributed by atoms with E-state index < -0.39 is 11.7 Å². The van der Waals surface area contributed by atoms with Crippen LogP contribution in [0, 0.1) is 20.8 Å². The van der Waals surface area contributed by atoms with Gasteiger partial charge in [-0.25, -0.2) is 0 Å². The normalized spacial score (nSPS) is 10.4. The molecule has 0 fully saturated rings. The molecule has 2 rings (SSSR count). The summed E-state index contributed by atoms with van der Waals surface area (Å²) in [5.74, 6) is -1.19. The van der Waals surface area contributed by atoms with E-state index in [-0.39, 0.29) is 0 Å². The van der Waals surface area contributed by atoms with Crippen molar-refractivity contribution in [2.24, 2.45) is 7.05 Å². The SMILES string of the molecule is Cc1ccc(C(=O)C(=O)Nc2c(C)nn(C)c2C)cc1. The van der Waals surface area contributed by atoms with Crippen molar-refractivity contribution in [2.75, 3.05) is 5.32 Å². The van der Waals surface area contributed by atoms with E-state index in [1.807, 2.05) is 13.8 Å². The number of aryl methyl sites for hydroxylation is 3. The highest BCUT2D eigenvalue weighted by molar-refractivity contribution is 6.46. The second kappa shape index (κ2) is 5.28. The number of benzene rings is 1. The van der Waals surface area contributed by atoms with Gasteiger partial charge in [0.05, 0.1) is 17.1 Å². The highest BCUT2D eigenvalue weighted by Crippen LogP contribution is 2.18. The number of aromatic nitrogens is 2. The van der Waals surface area contributed by atoms with E-state index in [0.29, 0.717) is 16.9 Å². The molecule has 1 heterocycles. The first-order chi connectivity index (χ1) is 9.40. The van der Waals surface area contributed by atoms with Gasteiger partial charge in [-0.1, -0.05) is 29.8 Å². The predicted octanol–water partition coefficient (Wildman–Crippen LogP) is 2.17. The number of anilines is 1. The molecule has 0 radical (unpaired) electrons. The van der Waals surface area contributed by atoms with Crippen LogP contribution in [0.25, 0.3) is 0 Å². The highest BCUT2D eigenvalue weighted by Gasteiger charge is 2.19. The van der Waals surface area contributed by atoms with Gasteiger partial charge in [-0.05, 0) is 20.8 Å². The van der Waals surface area contributed by atoms with Crippen LogP contribution in [-0.2, 0) is 11.8 Å². The van der Waals surface area contributed by atoms with Crippen molar-refractivity contribution in [3.05, 3.63) is 46.8 Å². The predicted molar refractivity (Wildman–Crippen MR) is 76.8 cm³/mol. The fourth-order valence-electron chi connectivity index (χ4n) is 1.96. The molecule has 5 heteroatoms. The molecule has 1 amide bonds. The largest absolute Gasteiger partial charge is 0.316 e. The zero-order valence-corrected chi connectivity index (χ0v) is 12.0. The van der Waals surface area contributed by atoms with E-state index in [1.54, 1.807) is 42.9 Å². The summed E-state index contributed by atoms with van der Waals surface area (Å²) in [5, 5.41) is 6.84. The quantitative estimate of drug-likeness (QED) is 0.687. The van der Waals surface area contributed by atoms with Gasteiger partial charge in [-0.15, -0.1) is 0 Å². The number of Topliss-reactive ketones (excluding diaryl/α,β-unsaturated/α-hetero) is 1. The van der Waals surface area contributed by atoms with Gasteiger partial charge in [-0.3, -0.25) is 14.3 Å². The second-order valence-corrected chi connectivity index (χ2v) is 4.82. The van der Waals surface area contributed by atoms with Gasteiger partial charge in [0, 0.05) is 12.6 Å². The Morgan fingerprint density at radius 1 is 1.10 bits per heavy atom. The van der Waals surface area contributed by atoms with E-state index in [2.05, 4.69) is 10.4 Å². The van der Waals surface area contributed by atoms with Crippen molar-refractivity contribution in [3.63, 3.8) is 0 Å². The minimum atomic E-state index is -0.645. The van der Waals surface area contributed by atoms with Crippen LogP contribution < -0.4 is 5.32 Å². The molecule has 1 aromatic carbocycles. The molecule has 0 saturated carbocycles. The van der Waals surface area contributed by atoms with Crippen molar-refractivity contribution in [3.8, 4) is 0 Å². The first-order valence-corrected chi connectivity index (χ1v) is 6.32. The summed E-state index contributed by atoms with van der Waals surface area (Å²) in [4.78, 5) is 24.1. The Labute approximate surface area is 117 Å². The molecular formula is C15H17N3O2. The number of hydrogen-bond donors (Lipinski definition) is 1. The number of amides is 1. The minimum absolute atomic E-state index is 0.382. The molecule has 0 saturated heterocycles. The Kier molecular flexibility index (Phi) is 3.70. The molecule has 0 bridgehead atoms. The first-order valence-electron chi connectivity index (χ1n) is 6.32. The van der Waals surface area contributed by atoms with Crippen LogP contribution in [0.5, 0.6) is 0 Å². The molecule has 0 unspecified atom stereocenters. The van der Waals surface area contributed by atoms with Crippen LogP contribution in [-0.4, -0.2) is 21.5 Å². The monoisotopic (exact) mass is 271 g/mol. The van der Waals surface area contributed by atoms with E-state index in [1.165, 1.54) is 0 Å². The van der Waals surface area contributed by atoms with Crippen molar-refractivity contribution in [2.45, 2.75) is 20.8 Å². The lowest BCUT2D eigenvalue weighted by molar-refractivity contribution is -0.112. The van der Waals surface area contributed by atoms with E-state index >= 15 is 0 Å². The van der Waals surface area contributed by atoms with Crippen LogP contribution in [0.2, 0.25) is 0 Å². The molecule has 1 N–H and O–H groups in total. The topological polar surface area (TPSA) is 64.0 Å².